The van der Waals surface area contributed by atoms with Crippen molar-refractivity contribution in [2.75, 3.05) is 26.2 Å². The van der Waals surface area contributed by atoms with E-state index in [4.69, 9.17) is 10.5 Å². The molecule has 1 amide bonds. The fraction of sp³-hybridized carbons (Fsp3) is 0.533. The zero-order valence-corrected chi connectivity index (χ0v) is 15.1. The smallest absolute Gasteiger partial charge is 0.260 e. The summed E-state index contributed by atoms with van der Waals surface area (Å²) in [5.41, 5.74) is 6.70. The van der Waals surface area contributed by atoms with E-state index in [-0.39, 0.29) is 12.5 Å². The average Bonchev–Trinajstić information content (AvgIpc) is 2.47. The Morgan fingerprint density at radius 2 is 1.81 bits per heavy atom. The van der Waals surface area contributed by atoms with Gasteiger partial charge in [-0.2, -0.15) is 0 Å². The molecule has 2 N–H and O–H groups in total. The van der Waals surface area contributed by atoms with E-state index in [2.05, 4.69) is 31.9 Å². The maximum atomic E-state index is 12.1. The highest BCUT2D eigenvalue weighted by Crippen LogP contribution is 2.35. The van der Waals surface area contributed by atoms with Gasteiger partial charge in [0.15, 0.2) is 6.61 Å². The zero-order chi connectivity index (χ0) is 15.2. The van der Waals surface area contributed by atoms with Gasteiger partial charge in [0.25, 0.3) is 5.91 Å². The molecule has 0 atom stereocenters. The molecular formula is C15H20Br2N2O2. The molecule has 21 heavy (non-hydrogen) atoms. The zero-order valence-electron chi connectivity index (χ0n) is 11.9. The number of amides is 1. The summed E-state index contributed by atoms with van der Waals surface area (Å²) in [5.74, 6) is 0.723. The molecule has 0 radical (unpaired) electrons. The van der Waals surface area contributed by atoms with Crippen LogP contribution in [0, 0.1) is 0 Å². The van der Waals surface area contributed by atoms with Crippen LogP contribution in [0.2, 0.25) is 0 Å². The Morgan fingerprint density at radius 1 is 1.19 bits per heavy atom. The number of likely N-dealkylation sites (tertiary alicyclic amines) is 1. The van der Waals surface area contributed by atoms with E-state index in [9.17, 15) is 4.79 Å². The van der Waals surface area contributed by atoms with Gasteiger partial charge in [-0.3, -0.25) is 4.79 Å². The van der Waals surface area contributed by atoms with Gasteiger partial charge in [0, 0.05) is 13.1 Å². The van der Waals surface area contributed by atoms with Gasteiger partial charge in [-0.1, -0.05) is 0 Å². The molecule has 6 heteroatoms. The molecule has 1 aromatic carbocycles. The summed E-state index contributed by atoms with van der Waals surface area (Å²) >= 11 is 6.99. The van der Waals surface area contributed by atoms with Gasteiger partial charge in [-0.25, -0.2) is 0 Å². The van der Waals surface area contributed by atoms with Crippen LogP contribution in [0.25, 0.3) is 0 Å². The van der Waals surface area contributed by atoms with Crippen LogP contribution in [0.4, 0.5) is 0 Å². The molecule has 0 saturated carbocycles. The van der Waals surface area contributed by atoms with Gasteiger partial charge in [0.1, 0.15) is 5.75 Å². The van der Waals surface area contributed by atoms with E-state index in [1.165, 1.54) is 6.42 Å². The number of carbonyl (C=O) groups is 1. The maximum Gasteiger partial charge on any atom is 0.260 e. The number of benzene rings is 1. The fourth-order valence-electron chi connectivity index (χ4n) is 2.43. The largest absolute Gasteiger partial charge is 0.481 e. The summed E-state index contributed by atoms with van der Waals surface area (Å²) in [7, 11) is 0. The van der Waals surface area contributed by atoms with E-state index in [0.717, 1.165) is 46.9 Å². The van der Waals surface area contributed by atoms with Gasteiger partial charge >= 0.3 is 0 Å². The van der Waals surface area contributed by atoms with Crippen molar-refractivity contribution < 1.29 is 9.53 Å². The third-order valence-electron chi connectivity index (χ3n) is 3.54. The summed E-state index contributed by atoms with van der Waals surface area (Å²) in [6.45, 7) is 2.37. The first-order valence-electron chi connectivity index (χ1n) is 7.20. The second kappa shape index (κ2) is 8.15. The Hall–Kier alpha value is -0.590. The Morgan fingerprint density at radius 3 is 2.38 bits per heavy atom. The number of piperidine rings is 1. The van der Waals surface area contributed by atoms with Crippen molar-refractivity contribution >= 4 is 37.8 Å². The van der Waals surface area contributed by atoms with E-state index in [1.807, 2.05) is 17.0 Å². The van der Waals surface area contributed by atoms with Gasteiger partial charge in [0.05, 0.1) is 8.95 Å². The molecule has 1 heterocycles. The first-order chi connectivity index (χ1) is 10.1. The third-order valence-corrected chi connectivity index (χ3v) is 4.72. The number of nitrogens with zero attached hydrogens (tertiary/aromatic N) is 1. The summed E-state index contributed by atoms with van der Waals surface area (Å²) in [5, 5.41) is 0. The molecule has 116 valence electrons. The molecule has 0 aliphatic carbocycles. The predicted molar refractivity (Wildman–Crippen MR) is 90.5 cm³/mol. The SMILES string of the molecule is NCCc1cc(Br)c(OCC(=O)N2CCCCC2)c(Br)c1. The molecule has 4 nitrogen and oxygen atoms in total. The number of ether oxygens (including phenoxy) is 1. The van der Waals surface area contributed by atoms with Crippen LogP contribution in [0.1, 0.15) is 24.8 Å². The van der Waals surface area contributed by atoms with Crippen molar-refractivity contribution in [1.29, 1.82) is 0 Å². The standard InChI is InChI=1S/C15H20Br2N2O2/c16-12-8-11(4-5-18)9-13(17)15(12)21-10-14(20)19-6-2-1-3-7-19/h8-9H,1-7,10,18H2. The second-order valence-electron chi connectivity index (χ2n) is 5.16. The van der Waals surface area contributed by atoms with E-state index in [1.54, 1.807) is 0 Å². The maximum absolute atomic E-state index is 12.1. The number of carbonyl (C=O) groups excluding carboxylic acids is 1. The Kier molecular flexibility index (Phi) is 6.51. The molecule has 0 unspecified atom stereocenters. The highest BCUT2D eigenvalue weighted by molar-refractivity contribution is 9.11. The average molecular weight is 420 g/mol. The van der Waals surface area contributed by atoms with Crippen LogP contribution in [-0.2, 0) is 11.2 Å². The molecule has 2 rings (SSSR count). The Labute approximate surface area is 142 Å². The molecule has 0 spiro atoms. The number of nitrogens with two attached hydrogens (primary N) is 1. The molecule has 0 aromatic heterocycles. The fourth-order valence-corrected chi connectivity index (χ4v) is 3.94. The lowest BCUT2D eigenvalue weighted by Crippen LogP contribution is -2.38. The van der Waals surface area contributed by atoms with Crippen LogP contribution >= 0.6 is 31.9 Å². The number of halogens is 2. The molecule has 0 bridgehead atoms. The van der Waals surface area contributed by atoms with Crippen LogP contribution < -0.4 is 10.5 Å². The number of hydrogen-bond acceptors (Lipinski definition) is 3. The molecule has 1 aromatic rings. The predicted octanol–water partition coefficient (Wildman–Crippen LogP) is 3.10. The van der Waals surface area contributed by atoms with Crippen LogP contribution in [0.3, 0.4) is 0 Å². The Balaban J connectivity index is 1.97. The monoisotopic (exact) mass is 418 g/mol. The molecular weight excluding hydrogens is 400 g/mol. The van der Waals surface area contributed by atoms with Crippen LogP contribution in [0.5, 0.6) is 5.75 Å². The van der Waals surface area contributed by atoms with Gasteiger partial charge in [-0.15, -0.1) is 0 Å². The van der Waals surface area contributed by atoms with Crippen molar-refractivity contribution in [1.82, 2.24) is 4.90 Å². The summed E-state index contributed by atoms with van der Waals surface area (Å²) in [6.07, 6.45) is 4.20. The van der Waals surface area contributed by atoms with Crippen molar-refractivity contribution in [2.24, 2.45) is 5.73 Å². The molecule has 1 aliphatic rings. The van der Waals surface area contributed by atoms with Crippen molar-refractivity contribution in [3.05, 3.63) is 26.6 Å². The summed E-state index contributed by atoms with van der Waals surface area (Å²) in [6, 6.07) is 3.97. The first kappa shape index (κ1) is 16.8. The minimum absolute atomic E-state index is 0.0551. The topological polar surface area (TPSA) is 55.6 Å². The molecule has 1 saturated heterocycles. The highest BCUT2D eigenvalue weighted by Gasteiger charge is 2.18. The van der Waals surface area contributed by atoms with Crippen molar-refractivity contribution in [3.63, 3.8) is 0 Å². The molecule has 1 fully saturated rings. The van der Waals surface area contributed by atoms with Crippen molar-refractivity contribution in [3.8, 4) is 5.75 Å². The highest BCUT2D eigenvalue weighted by atomic mass is 79.9. The van der Waals surface area contributed by atoms with Crippen LogP contribution in [-0.4, -0.2) is 37.0 Å². The van der Waals surface area contributed by atoms with E-state index < -0.39 is 0 Å². The first-order valence-corrected chi connectivity index (χ1v) is 8.79. The van der Waals surface area contributed by atoms with Gasteiger partial charge in [-0.05, 0) is 81.8 Å². The Bertz CT molecular complexity index is 479. The second-order valence-corrected chi connectivity index (χ2v) is 6.87. The lowest BCUT2D eigenvalue weighted by molar-refractivity contribution is -0.134. The minimum Gasteiger partial charge on any atom is -0.481 e. The van der Waals surface area contributed by atoms with E-state index in [0.29, 0.717) is 12.3 Å². The third kappa shape index (κ3) is 4.69. The van der Waals surface area contributed by atoms with Crippen molar-refractivity contribution in [2.45, 2.75) is 25.7 Å². The van der Waals surface area contributed by atoms with E-state index >= 15 is 0 Å². The van der Waals surface area contributed by atoms with Gasteiger partial charge < -0.3 is 15.4 Å². The quantitative estimate of drug-likeness (QED) is 0.797. The molecule has 1 aliphatic heterocycles. The van der Waals surface area contributed by atoms with Gasteiger partial charge in [0.2, 0.25) is 0 Å². The lowest BCUT2D eigenvalue weighted by atomic mass is 10.1. The summed E-state index contributed by atoms with van der Waals surface area (Å²) in [4.78, 5) is 14.0. The summed E-state index contributed by atoms with van der Waals surface area (Å²) < 4.78 is 7.38. The number of rotatable bonds is 5. The minimum atomic E-state index is 0.0551. The van der Waals surface area contributed by atoms with Crippen LogP contribution in [0.15, 0.2) is 21.1 Å². The number of hydrogen-bond donors (Lipinski definition) is 1. The normalized spacial score (nSPS) is 15.1. The lowest BCUT2D eigenvalue weighted by Gasteiger charge is -2.26.